The molecule has 15 heavy (non-hydrogen) atoms. The quantitative estimate of drug-likeness (QED) is 0.670. The SMILES string of the molecule is CC[Si](C)(C)O[Si](C)(C)O[Si](C)(C)CC. The molecule has 2 nitrogen and oxygen atoms in total. The minimum absolute atomic E-state index is 1.17. The van der Waals surface area contributed by atoms with Crippen LogP contribution < -0.4 is 0 Å². The molecule has 0 atom stereocenters. The summed E-state index contributed by atoms with van der Waals surface area (Å²) >= 11 is 0. The summed E-state index contributed by atoms with van der Waals surface area (Å²) in [7, 11) is -4.83. The van der Waals surface area contributed by atoms with Crippen LogP contribution in [0.5, 0.6) is 0 Å². The number of rotatable bonds is 6. The molecule has 0 bridgehead atoms. The van der Waals surface area contributed by atoms with Crippen molar-refractivity contribution in [3.63, 3.8) is 0 Å². The minimum atomic E-state index is -1.89. The Balaban J connectivity index is 4.43. The Morgan fingerprint density at radius 2 is 0.933 bits per heavy atom. The minimum Gasteiger partial charge on any atom is -0.437 e. The lowest BCUT2D eigenvalue weighted by Crippen LogP contribution is -2.51. The Morgan fingerprint density at radius 1 is 0.667 bits per heavy atom. The zero-order chi connectivity index (χ0) is 12.3. The molecule has 0 aromatic carbocycles. The van der Waals surface area contributed by atoms with Gasteiger partial charge in [0.1, 0.15) is 0 Å². The molecule has 0 aliphatic heterocycles. The van der Waals surface area contributed by atoms with Crippen LogP contribution in [0.4, 0.5) is 0 Å². The van der Waals surface area contributed by atoms with Crippen LogP contribution in [0, 0.1) is 0 Å². The molecule has 0 rings (SSSR count). The van der Waals surface area contributed by atoms with Gasteiger partial charge in [-0.2, -0.15) is 0 Å². The van der Waals surface area contributed by atoms with Gasteiger partial charge in [0.25, 0.3) is 0 Å². The van der Waals surface area contributed by atoms with Crippen LogP contribution in [-0.4, -0.2) is 25.2 Å². The Labute approximate surface area is 98.9 Å². The lowest BCUT2D eigenvalue weighted by Gasteiger charge is -2.38. The summed E-state index contributed by atoms with van der Waals surface area (Å²) in [5.74, 6) is 0. The second-order valence-corrected chi connectivity index (χ2v) is 18.7. The van der Waals surface area contributed by atoms with Gasteiger partial charge in [0.05, 0.1) is 0 Å². The topological polar surface area (TPSA) is 18.5 Å². The molecule has 0 unspecified atom stereocenters. The second kappa shape index (κ2) is 5.27. The predicted molar refractivity (Wildman–Crippen MR) is 75.6 cm³/mol. The highest BCUT2D eigenvalue weighted by Crippen LogP contribution is 2.23. The molecule has 0 spiro atoms. The fourth-order valence-corrected chi connectivity index (χ4v) is 13.8. The summed E-state index contributed by atoms with van der Waals surface area (Å²) < 4.78 is 12.6. The van der Waals surface area contributed by atoms with E-state index in [1.807, 2.05) is 0 Å². The molecule has 5 heteroatoms. The fourth-order valence-electron chi connectivity index (χ4n) is 1.50. The highest BCUT2D eigenvalue weighted by atomic mass is 28.5. The third-order valence-corrected chi connectivity index (χ3v) is 14.5. The number of hydrogen-bond donors (Lipinski definition) is 0. The third-order valence-electron chi connectivity index (χ3n) is 2.75. The Morgan fingerprint density at radius 3 is 1.13 bits per heavy atom. The molecule has 0 saturated heterocycles. The van der Waals surface area contributed by atoms with Crippen LogP contribution in [0.25, 0.3) is 0 Å². The zero-order valence-corrected chi connectivity index (χ0v) is 14.7. The van der Waals surface area contributed by atoms with Crippen molar-refractivity contribution < 1.29 is 8.23 Å². The molecule has 0 fully saturated rings. The van der Waals surface area contributed by atoms with E-state index in [1.165, 1.54) is 12.1 Å². The first kappa shape index (κ1) is 15.6. The molecule has 0 heterocycles. The van der Waals surface area contributed by atoms with Gasteiger partial charge >= 0.3 is 8.56 Å². The van der Waals surface area contributed by atoms with Gasteiger partial charge in [-0.25, -0.2) is 0 Å². The highest BCUT2D eigenvalue weighted by molar-refractivity contribution is 6.87. The van der Waals surface area contributed by atoms with Gasteiger partial charge in [-0.15, -0.1) is 0 Å². The molecule has 0 aliphatic rings. The van der Waals surface area contributed by atoms with Crippen LogP contribution in [0.2, 0.25) is 51.4 Å². The first-order valence-corrected chi connectivity index (χ1v) is 15.0. The molecule has 0 aromatic rings. The van der Waals surface area contributed by atoms with E-state index in [9.17, 15) is 0 Å². The molecule has 0 amide bonds. The van der Waals surface area contributed by atoms with Crippen LogP contribution >= 0.6 is 0 Å². The van der Waals surface area contributed by atoms with Crippen molar-refractivity contribution in [2.45, 2.75) is 65.2 Å². The van der Waals surface area contributed by atoms with Crippen LogP contribution in [0.1, 0.15) is 13.8 Å². The van der Waals surface area contributed by atoms with Crippen molar-refractivity contribution in [2.24, 2.45) is 0 Å². The molecule has 0 radical (unpaired) electrons. The van der Waals surface area contributed by atoms with E-state index in [1.54, 1.807) is 0 Å². The van der Waals surface area contributed by atoms with Gasteiger partial charge in [-0.1, -0.05) is 13.8 Å². The largest absolute Gasteiger partial charge is 0.437 e. The maximum Gasteiger partial charge on any atom is 0.311 e. The second-order valence-electron chi connectivity index (χ2n) is 5.83. The third kappa shape index (κ3) is 6.68. The molecule has 0 saturated carbocycles. The van der Waals surface area contributed by atoms with E-state index in [-0.39, 0.29) is 0 Å². The fraction of sp³-hybridized carbons (Fsp3) is 1.00. The summed E-state index contributed by atoms with van der Waals surface area (Å²) in [6.07, 6.45) is 0. The first-order chi connectivity index (χ1) is 6.54. The summed E-state index contributed by atoms with van der Waals surface area (Å²) in [5, 5.41) is 0. The molecule has 0 N–H and O–H groups in total. The smallest absolute Gasteiger partial charge is 0.311 e. The van der Waals surface area contributed by atoms with Crippen LogP contribution in [-0.2, 0) is 8.23 Å². The van der Waals surface area contributed by atoms with Gasteiger partial charge in [0.15, 0.2) is 16.6 Å². The summed E-state index contributed by atoms with van der Waals surface area (Å²) in [4.78, 5) is 0. The van der Waals surface area contributed by atoms with Gasteiger partial charge in [-0.05, 0) is 51.4 Å². The zero-order valence-electron chi connectivity index (χ0n) is 11.7. The van der Waals surface area contributed by atoms with Gasteiger partial charge in [-0.3, -0.25) is 0 Å². The Hall–Kier alpha value is 0.571. The van der Waals surface area contributed by atoms with Crippen LogP contribution in [0.15, 0.2) is 0 Å². The van der Waals surface area contributed by atoms with E-state index >= 15 is 0 Å². The summed E-state index contributed by atoms with van der Waals surface area (Å²) in [6, 6.07) is 2.34. The van der Waals surface area contributed by atoms with Crippen molar-refractivity contribution >= 4 is 25.2 Å². The van der Waals surface area contributed by atoms with Gasteiger partial charge in [0, 0.05) is 0 Å². The average Bonchev–Trinajstić information content (AvgIpc) is 2.00. The highest BCUT2D eigenvalue weighted by Gasteiger charge is 2.37. The molecular weight excluding hydrogens is 236 g/mol. The van der Waals surface area contributed by atoms with Crippen molar-refractivity contribution in [2.75, 3.05) is 0 Å². The first-order valence-electron chi connectivity index (χ1n) is 5.94. The van der Waals surface area contributed by atoms with Crippen molar-refractivity contribution in [3.8, 4) is 0 Å². The standard InChI is InChI=1S/C10H28O2Si3/c1-9-13(3,4)11-15(7,8)12-14(5,6)10-2/h9-10H2,1-8H3. The van der Waals surface area contributed by atoms with Crippen molar-refractivity contribution in [1.29, 1.82) is 0 Å². The van der Waals surface area contributed by atoms with Crippen molar-refractivity contribution in [3.05, 3.63) is 0 Å². The van der Waals surface area contributed by atoms with E-state index in [2.05, 4.69) is 53.1 Å². The van der Waals surface area contributed by atoms with E-state index < -0.39 is 25.2 Å². The van der Waals surface area contributed by atoms with Crippen LogP contribution in [0.3, 0.4) is 0 Å². The van der Waals surface area contributed by atoms with E-state index in [0.717, 1.165) is 0 Å². The Kier molecular flexibility index (Phi) is 5.47. The lowest BCUT2D eigenvalue weighted by atomic mass is 11.0. The number of hydrogen-bond acceptors (Lipinski definition) is 2. The lowest BCUT2D eigenvalue weighted by molar-refractivity contribution is 0.390. The van der Waals surface area contributed by atoms with Gasteiger partial charge < -0.3 is 8.23 Å². The van der Waals surface area contributed by atoms with Gasteiger partial charge in [0.2, 0.25) is 0 Å². The summed E-state index contributed by atoms with van der Waals surface area (Å²) in [5.41, 5.74) is 0. The average molecular weight is 265 g/mol. The maximum absolute atomic E-state index is 6.30. The molecular formula is C10H28O2Si3. The molecule has 0 aliphatic carbocycles. The Bertz CT molecular complexity index is 183. The van der Waals surface area contributed by atoms with E-state index in [4.69, 9.17) is 8.23 Å². The predicted octanol–water partition coefficient (Wildman–Crippen LogP) is 4.17. The normalized spacial score (nSPS) is 14.4. The maximum atomic E-state index is 6.30. The molecule has 92 valence electrons. The van der Waals surface area contributed by atoms with Crippen molar-refractivity contribution in [1.82, 2.24) is 0 Å². The monoisotopic (exact) mass is 264 g/mol. The summed E-state index contributed by atoms with van der Waals surface area (Å²) in [6.45, 7) is 18.0. The van der Waals surface area contributed by atoms with E-state index in [0.29, 0.717) is 0 Å². The molecule has 0 aromatic heterocycles.